The highest BCUT2D eigenvalue weighted by Crippen LogP contribution is 2.57. The second-order valence-electron chi connectivity index (χ2n) is 10.3. The summed E-state index contributed by atoms with van der Waals surface area (Å²) in [5, 5.41) is 15.2. The van der Waals surface area contributed by atoms with E-state index in [4.69, 9.17) is 0 Å². The minimum Gasteiger partial charge on any atom is -0.380 e. The van der Waals surface area contributed by atoms with Gasteiger partial charge in [-0.25, -0.2) is 0 Å². The number of aliphatic hydroxyl groups is 1. The molecule has 0 amide bonds. The lowest BCUT2D eigenvalue weighted by Crippen LogP contribution is -2.66. The highest BCUT2D eigenvalue weighted by atomic mass is 16.3. The molecule has 2 heteroatoms. The normalized spacial score (nSPS) is 24.8. The summed E-state index contributed by atoms with van der Waals surface area (Å²) in [4.78, 5) is 0. The van der Waals surface area contributed by atoms with Crippen molar-refractivity contribution in [1.82, 2.24) is 0 Å². The lowest BCUT2D eigenvalue weighted by Gasteiger charge is -2.60. The summed E-state index contributed by atoms with van der Waals surface area (Å²) in [5.74, 6) is 0. The Morgan fingerprint density at radius 2 is 1.15 bits per heavy atom. The van der Waals surface area contributed by atoms with Crippen molar-refractivity contribution in [3.8, 4) is 0 Å². The summed E-state index contributed by atoms with van der Waals surface area (Å²) >= 11 is 0. The van der Waals surface area contributed by atoms with Crippen molar-refractivity contribution < 1.29 is 9.59 Å². The Labute approximate surface area is 196 Å². The van der Waals surface area contributed by atoms with Gasteiger partial charge < -0.3 is 9.59 Å². The van der Waals surface area contributed by atoms with Crippen LogP contribution in [0.1, 0.15) is 36.0 Å². The molecule has 2 nitrogen and oxygen atoms in total. The van der Waals surface area contributed by atoms with Crippen LogP contribution in [0.3, 0.4) is 0 Å². The molecule has 0 saturated carbocycles. The fourth-order valence-electron chi connectivity index (χ4n) is 6.71. The van der Waals surface area contributed by atoms with Gasteiger partial charge in [-0.3, -0.25) is 0 Å². The first-order valence-corrected chi connectivity index (χ1v) is 12.3. The summed E-state index contributed by atoms with van der Waals surface area (Å²) in [5.41, 5.74) is 2.44. The number of nitrogens with zero attached hydrogens (tertiary/aromatic N) is 1. The number of hydrogen-bond donors (Lipinski definition) is 1. The van der Waals surface area contributed by atoms with E-state index in [1.807, 2.05) is 12.1 Å². The zero-order chi connectivity index (χ0) is 22.4. The number of hydrogen-bond acceptors (Lipinski definition) is 1. The molecular formula is C31H32NO+. The molecule has 0 atom stereocenters. The van der Waals surface area contributed by atoms with Gasteiger partial charge in [-0.1, -0.05) is 97.1 Å². The van der Waals surface area contributed by atoms with Gasteiger partial charge in [-0.15, -0.1) is 0 Å². The molecule has 3 aliphatic rings. The molecule has 0 spiro atoms. The lowest BCUT2D eigenvalue weighted by molar-refractivity contribution is -0.958. The minimum atomic E-state index is -0.949. The van der Waals surface area contributed by atoms with Crippen LogP contribution in [0.15, 0.2) is 103 Å². The van der Waals surface area contributed by atoms with Gasteiger partial charge in [0.2, 0.25) is 0 Å². The van der Waals surface area contributed by atoms with Crippen molar-refractivity contribution in [2.45, 2.75) is 31.4 Å². The first-order chi connectivity index (χ1) is 16.1. The molecule has 3 fully saturated rings. The fourth-order valence-corrected chi connectivity index (χ4v) is 6.71. The third-order valence-electron chi connectivity index (χ3n) is 8.68. The van der Waals surface area contributed by atoms with Crippen LogP contribution in [0.5, 0.6) is 0 Å². The van der Waals surface area contributed by atoms with Crippen LogP contribution in [-0.4, -0.2) is 29.2 Å². The zero-order valence-electron chi connectivity index (χ0n) is 19.2. The van der Waals surface area contributed by atoms with E-state index < -0.39 is 5.60 Å². The van der Waals surface area contributed by atoms with Crippen LogP contribution >= 0.6 is 0 Å². The minimum absolute atomic E-state index is 0.112. The Hall–Kier alpha value is -2.94. The molecule has 0 aromatic heterocycles. The van der Waals surface area contributed by atoms with Crippen molar-refractivity contribution in [3.63, 3.8) is 0 Å². The molecule has 1 N–H and O–H groups in total. The van der Waals surface area contributed by atoms with Crippen LogP contribution in [0.4, 0.5) is 0 Å². The monoisotopic (exact) mass is 434 g/mol. The van der Waals surface area contributed by atoms with E-state index in [0.29, 0.717) is 0 Å². The van der Waals surface area contributed by atoms with E-state index in [2.05, 4.69) is 91.0 Å². The molecule has 7 rings (SSSR count). The Morgan fingerprint density at radius 3 is 1.73 bits per heavy atom. The Bertz CT molecular complexity index is 1200. The van der Waals surface area contributed by atoms with E-state index >= 15 is 0 Å². The fraction of sp³-hybridized carbons (Fsp3) is 0.290. The van der Waals surface area contributed by atoms with Gasteiger partial charge >= 0.3 is 0 Å². The van der Waals surface area contributed by atoms with Crippen LogP contribution in [0.25, 0.3) is 10.8 Å². The van der Waals surface area contributed by atoms with Crippen LogP contribution in [0, 0.1) is 5.41 Å². The molecule has 0 unspecified atom stereocenters. The van der Waals surface area contributed by atoms with E-state index in [0.717, 1.165) is 61.1 Å². The van der Waals surface area contributed by atoms with Crippen LogP contribution in [-0.2, 0) is 12.1 Å². The summed E-state index contributed by atoms with van der Waals surface area (Å²) < 4.78 is 1.15. The smallest absolute Gasteiger partial charge is 0.121 e. The predicted molar refractivity (Wildman–Crippen MR) is 135 cm³/mol. The van der Waals surface area contributed by atoms with Crippen molar-refractivity contribution in [1.29, 1.82) is 0 Å². The molecule has 3 saturated heterocycles. The molecule has 33 heavy (non-hydrogen) atoms. The maximum atomic E-state index is 12.5. The van der Waals surface area contributed by atoms with E-state index in [1.165, 1.54) is 16.3 Å². The van der Waals surface area contributed by atoms with Gasteiger partial charge in [0.1, 0.15) is 12.1 Å². The van der Waals surface area contributed by atoms with Gasteiger partial charge in [0, 0.05) is 30.2 Å². The quantitative estimate of drug-likeness (QED) is 0.367. The largest absolute Gasteiger partial charge is 0.380 e. The number of piperidine rings is 3. The van der Waals surface area contributed by atoms with Crippen LogP contribution < -0.4 is 0 Å². The van der Waals surface area contributed by atoms with Crippen molar-refractivity contribution in [3.05, 3.63) is 120 Å². The van der Waals surface area contributed by atoms with E-state index in [1.54, 1.807) is 0 Å². The third-order valence-corrected chi connectivity index (χ3v) is 8.68. The molecule has 0 radical (unpaired) electrons. The topological polar surface area (TPSA) is 20.2 Å². The predicted octanol–water partition coefficient (Wildman–Crippen LogP) is 6.28. The molecule has 2 bridgehead atoms. The van der Waals surface area contributed by atoms with Gasteiger partial charge in [0.25, 0.3) is 0 Å². The molecule has 0 aliphatic carbocycles. The standard InChI is InChI=1S/C31H32NO/c33-31(28-11-3-1-4-12-28,29-13-5-2-6-14-29)30-17-20-32(21-18-30,22-19-30)24-25-15-16-26-9-7-8-10-27(26)23-25/h1-16,23,33H,17-22,24H2/q+1. The van der Waals surface area contributed by atoms with E-state index in [9.17, 15) is 5.11 Å². The molecule has 3 aliphatic heterocycles. The first kappa shape index (κ1) is 20.7. The maximum Gasteiger partial charge on any atom is 0.121 e. The van der Waals surface area contributed by atoms with Gasteiger partial charge in [0.15, 0.2) is 0 Å². The first-order valence-electron chi connectivity index (χ1n) is 12.3. The number of rotatable bonds is 5. The average Bonchev–Trinajstić information content (AvgIpc) is 2.90. The van der Waals surface area contributed by atoms with Crippen molar-refractivity contribution in [2.75, 3.05) is 19.6 Å². The van der Waals surface area contributed by atoms with Crippen molar-refractivity contribution >= 4 is 10.8 Å². The van der Waals surface area contributed by atoms with Gasteiger partial charge in [0.05, 0.1) is 19.6 Å². The molecule has 166 valence electrons. The average molecular weight is 435 g/mol. The van der Waals surface area contributed by atoms with Crippen LogP contribution in [0.2, 0.25) is 0 Å². The summed E-state index contributed by atoms with van der Waals surface area (Å²) in [6, 6.07) is 36.4. The number of fused-ring (bicyclic) bond motifs is 4. The molecule has 4 aromatic carbocycles. The summed E-state index contributed by atoms with van der Waals surface area (Å²) in [6.45, 7) is 4.49. The van der Waals surface area contributed by atoms with Gasteiger partial charge in [-0.05, 0) is 28.0 Å². The highest BCUT2D eigenvalue weighted by molar-refractivity contribution is 5.82. The Morgan fingerprint density at radius 1 is 0.636 bits per heavy atom. The lowest BCUT2D eigenvalue weighted by atomic mass is 9.56. The Kier molecular flexibility index (Phi) is 4.90. The summed E-state index contributed by atoms with van der Waals surface area (Å²) in [6.07, 6.45) is 3.17. The number of quaternary nitrogens is 1. The zero-order valence-corrected chi connectivity index (χ0v) is 19.2. The van der Waals surface area contributed by atoms with E-state index in [-0.39, 0.29) is 5.41 Å². The maximum absolute atomic E-state index is 12.5. The van der Waals surface area contributed by atoms with Crippen molar-refractivity contribution in [2.24, 2.45) is 5.41 Å². The SMILES string of the molecule is OC(c1ccccc1)(c1ccccc1)C12CC[N+](Cc3ccc4ccccc4c3)(CC1)CC2. The third kappa shape index (κ3) is 3.32. The highest BCUT2D eigenvalue weighted by Gasteiger charge is 2.60. The second-order valence-corrected chi connectivity index (χ2v) is 10.3. The second kappa shape index (κ2) is 7.83. The molecule has 4 aromatic rings. The van der Waals surface area contributed by atoms with Gasteiger partial charge in [-0.2, -0.15) is 0 Å². The molecular weight excluding hydrogens is 402 g/mol. The number of benzene rings is 4. The molecule has 3 heterocycles. The Balaban J connectivity index is 1.31. The summed E-state index contributed by atoms with van der Waals surface area (Å²) in [7, 11) is 0.